The molecule has 0 radical (unpaired) electrons. The van der Waals surface area contributed by atoms with Gasteiger partial charge in [-0.2, -0.15) is 0 Å². The number of hydrogen-bond acceptors (Lipinski definition) is 3. The van der Waals surface area contributed by atoms with Gasteiger partial charge in [0, 0.05) is 5.69 Å². The van der Waals surface area contributed by atoms with Gasteiger partial charge in [-0.05, 0) is 35.0 Å². The summed E-state index contributed by atoms with van der Waals surface area (Å²) < 4.78 is 5.14. The van der Waals surface area contributed by atoms with E-state index in [9.17, 15) is 0 Å². The normalized spacial score (nSPS) is 10.3. The number of fused-ring (bicyclic) bond motifs is 1. The lowest BCUT2D eigenvalue weighted by molar-refractivity contribution is 0.326. The molecule has 0 spiro atoms. The third kappa shape index (κ3) is 2.02. The lowest BCUT2D eigenvalue weighted by Gasteiger charge is -2.06. The minimum atomic E-state index is -0.0539. The summed E-state index contributed by atoms with van der Waals surface area (Å²) in [4.78, 5) is 0. The molecule has 2 rings (SSSR count). The van der Waals surface area contributed by atoms with Gasteiger partial charge in [-0.1, -0.05) is 12.1 Å². The largest absolute Gasteiger partial charge is 0.497 e. The minimum absolute atomic E-state index is 0.0539. The predicted octanol–water partition coefficient (Wildman–Crippen LogP) is 2.21. The SMILES string of the molecule is COc1ccc2cc(NCO)ccc2c1. The van der Waals surface area contributed by atoms with Gasteiger partial charge < -0.3 is 15.2 Å². The van der Waals surface area contributed by atoms with Crippen LogP contribution < -0.4 is 10.1 Å². The number of nitrogens with one attached hydrogen (secondary N) is 1. The molecule has 2 aromatic carbocycles. The molecule has 0 aliphatic rings. The molecule has 0 fully saturated rings. The summed E-state index contributed by atoms with van der Waals surface area (Å²) in [6.07, 6.45) is 0. The molecule has 0 saturated carbocycles. The first-order valence-corrected chi connectivity index (χ1v) is 4.76. The van der Waals surface area contributed by atoms with Crippen LogP contribution in [0.1, 0.15) is 0 Å². The smallest absolute Gasteiger partial charge is 0.119 e. The van der Waals surface area contributed by atoms with Gasteiger partial charge >= 0.3 is 0 Å². The monoisotopic (exact) mass is 203 g/mol. The summed E-state index contributed by atoms with van der Waals surface area (Å²) in [7, 11) is 1.66. The third-order valence-corrected chi connectivity index (χ3v) is 2.33. The molecule has 3 heteroatoms. The second-order valence-corrected chi connectivity index (χ2v) is 3.26. The predicted molar refractivity (Wildman–Crippen MR) is 61.2 cm³/mol. The van der Waals surface area contributed by atoms with Gasteiger partial charge in [0.15, 0.2) is 0 Å². The van der Waals surface area contributed by atoms with Crippen LogP contribution >= 0.6 is 0 Å². The van der Waals surface area contributed by atoms with Crippen LogP contribution in [0.25, 0.3) is 10.8 Å². The van der Waals surface area contributed by atoms with E-state index in [1.165, 1.54) is 0 Å². The Morgan fingerprint density at radius 1 is 1.13 bits per heavy atom. The molecular weight excluding hydrogens is 190 g/mol. The maximum atomic E-state index is 8.74. The van der Waals surface area contributed by atoms with Crippen molar-refractivity contribution in [2.24, 2.45) is 0 Å². The molecule has 0 aliphatic heterocycles. The zero-order chi connectivity index (χ0) is 10.7. The van der Waals surface area contributed by atoms with E-state index >= 15 is 0 Å². The summed E-state index contributed by atoms with van der Waals surface area (Å²) in [5.74, 6) is 0.852. The van der Waals surface area contributed by atoms with Gasteiger partial charge in [0.2, 0.25) is 0 Å². The van der Waals surface area contributed by atoms with Gasteiger partial charge in [0.05, 0.1) is 7.11 Å². The van der Waals surface area contributed by atoms with Gasteiger partial charge in [0.1, 0.15) is 12.5 Å². The molecule has 0 aliphatic carbocycles. The van der Waals surface area contributed by atoms with Gasteiger partial charge in [0.25, 0.3) is 0 Å². The first-order valence-electron chi connectivity index (χ1n) is 4.76. The van der Waals surface area contributed by atoms with Crippen LogP contribution in [0.5, 0.6) is 5.75 Å². The van der Waals surface area contributed by atoms with Gasteiger partial charge in [-0.25, -0.2) is 0 Å². The molecule has 0 saturated heterocycles. The first kappa shape index (κ1) is 9.80. The number of methoxy groups -OCH3 is 1. The van der Waals surface area contributed by atoms with Crippen molar-refractivity contribution in [3.05, 3.63) is 36.4 Å². The Hall–Kier alpha value is -1.74. The maximum Gasteiger partial charge on any atom is 0.119 e. The number of rotatable bonds is 3. The summed E-state index contributed by atoms with van der Waals surface area (Å²) in [6, 6.07) is 11.8. The van der Waals surface area contributed by atoms with Crippen molar-refractivity contribution >= 4 is 16.5 Å². The van der Waals surface area contributed by atoms with E-state index in [0.717, 1.165) is 22.2 Å². The highest BCUT2D eigenvalue weighted by Gasteiger charge is 1.97. The van der Waals surface area contributed by atoms with Gasteiger partial charge in [-0.3, -0.25) is 0 Å². The van der Waals surface area contributed by atoms with Crippen molar-refractivity contribution in [1.82, 2.24) is 0 Å². The van der Waals surface area contributed by atoms with E-state index in [1.807, 2.05) is 36.4 Å². The fourth-order valence-electron chi connectivity index (χ4n) is 1.55. The highest BCUT2D eigenvalue weighted by Crippen LogP contribution is 2.23. The van der Waals surface area contributed by atoms with Crippen LogP contribution in [0.4, 0.5) is 5.69 Å². The summed E-state index contributed by atoms with van der Waals surface area (Å²) >= 11 is 0. The number of hydrogen-bond donors (Lipinski definition) is 2. The average Bonchev–Trinajstić information content (AvgIpc) is 2.29. The Kier molecular flexibility index (Phi) is 2.74. The van der Waals surface area contributed by atoms with E-state index in [4.69, 9.17) is 9.84 Å². The van der Waals surface area contributed by atoms with Crippen molar-refractivity contribution in [1.29, 1.82) is 0 Å². The third-order valence-electron chi connectivity index (χ3n) is 2.33. The van der Waals surface area contributed by atoms with Gasteiger partial charge in [-0.15, -0.1) is 0 Å². The Morgan fingerprint density at radius 2 is 1.87 bits per heavy atom. The molecule has 78 valence electrons. The molecule has 0 unspecified atom stereocenters. The molecule has 0 bridgehead atoms. The lowest BCUT2D eigenvalue weighted by atomic mass is 10.1. The molecular formula is C12H13NO2. The summed E-state index contributed by atoms with van der Waals surface area (Å²) in [5.41, 5.74) is 0.912. The number of aliphatic hydroxyl groups is 1. The van der Waals surface area contributed by atoms with Crippen LogP contribution in [0.3, 0.4) is 0 Å². The lowest BCUT2D eigenvalue weighted by Crippen LogP contribution is -1.98. The summed E-state index contributed by atoms with van der Waals surface area (Å²) in [6.45, 7) is -0.0539. The fourth-order valence-corrected chi connectivity index (χ4v) is 1.55. The second kappa shape index (κ2) is 4.19. The van der Waals surface area contributed by atoms with Crippen molar-refractivity contribution in [2.75, 3.05) is 19.2 Å². The van der Waals surface area contributed by atoms with Crippen molar-refractivity contribution < 1.29 is 9.84 Å². The van der Waals surface area contributed by atoms with E-state index in [-0.39, 0.29) is 6.73 Å². The van der Waals surface area contributed by atoms with E-state index < -0.39 is 0 Å². The van der Waals surface area contributed by atoms with Crippen molar-refractivity contribution in [3.63, 3.8) is 0 Å². The molecule has 15 heavy (non-hydrogen) atoms. The average molecular weight is 203 g/mol. The standard InChI is InChI=1S/C12H13NO2/c1-15-12-5-3-9-6-11(13-8-14)4-2-10(9)7-12/h2-7,13-14H,8H2,1H3. The highest BCUT2D eigenvalue weighted by molar-refractivity contribution is 5.86. The van der Waals surface area contributed by atoms with Crippen molar-refractivity contribution in [2.45, 2.75) is 0 Å². The summed E-state index contributed by atoms with van der Waals surface area (Å²) in [5, 5.41) is 13.8. The Morgan fingerprint density at radius 3 is 2.60 bits per heavy atom. The Bertz CT molecular complexity index is 468. The molecule has 0 aromatic heterocycles. The quantitative estimate of drug-likeness (QED) is 0.751. The fraction of sp³-hybridized carbons (Fsp3) is 0.167. The second-order valence-electron chi connectivity index (χ2n) is 3.26. The van der Waals surface area contributed by atoms with Crippen LogP contribution in [0.2, 0.25) is 0 Å². The number of ether oxygens (including phenoxy) is 1. The maximum absolute atomic E-state index is 8.74. The topological polar surface area (TPSA) is 41.5 Å². The number of anilines is 1. The molecule has 0 heterocycles. The zero-order valence-electron chi connectivity index (χ0n) is 8.53. The van der Waals surface area contributed by atoms with Crippen LogP contribution in [0, 0.1) is 0 Å². The van der Waals surface area contributed by atoms with Crippen LogP contribution in [0.15, 0.2) is 36.4 Å². The highest BCUT2D eigenvalue weighted by atomic mass is 16.5. The van der Waals surface area contributed by atoms with Crippen molar-refractivity contribution in [3.8, 4) is 5.75 Å². The number of benzene rings is 2. The van der Waals surface area contributed by atoms with E-state index in [0.29, 0.717) is 0 Å². The Labute approximate surface area is 88.3 Å². The molecule has 0 atom stereocenters. The number of aliphatic hydroxyl groups excluding tert-OH is 1. The van der Waals surface area contributed by atoms with Crippen LogP contribution in [-0.4, -0.2) is 18.9 Å². The zero-order valence-corrected chi connectivity index (χ0v) is 8.53. The van der Waals surface area contributed by atoms with E-state index in [1.54, 1.807) is 7.11 Å². The minimum Gasteiger partial charge on any atom is -0.497 e. The van der Waals surface area contributed by atoms with Crippen LogP contribution in [-0.2, 0) is 0 Å². The first-order chi connectivity index (χ1) is 7.33. The Balaban J connectivity index is 2.45. The molecule has 0 amide bonds. The molecule has 3 nitrogen and oxygen atoms in total. The van der Waals surface area contributed by atoms with E-state index in [2.05, 4.69) is 5.32 Å². The molecule has 2 aromatic rings. The molecule has 2 N–H and O–H groups in total.